The van der Waals surface area contributed by atoms with Gasteiger partial charge in [-0.2, -0.15) is 0 Å². The smallest absolute Gasteiger partial charge is 0.225 e. The maximum Gasteiger partial charge on any atom is 0.225 e. The van der Waals surface area contributed by atoms with E-state index >= 15 is 0 Å². The fraction of sp³-hybridized carbons (Fsp3) is 0.467. The number of ketones is 1. The lowest BCUT2D eigenvalue weighted by atomic mass is 9.96. The minimum atomic E-state index is -1.02. The molecular formula is C15H19F2NO2. The zero-order valence-corrected chi connectivity index (χ0v) is 11.9. The summed E-state index contributed by atoms with van der Waals surface area (Å²) >= 11 is 0. The van der Waals surface area contributed by atoms with Gasteiger partial charge in [0.2, 0.25) is 5.91 Å². The number of benzene rings is 1. The van der Waals surface area contributed by atoms with Gasteiger partial charge in [0.15, 0.2) is 17.4 Å². The molecule has 1 aromatic carbocycles. The molecule has 0 radical (unpaired) electrons. The van der Waals surface area contributed by atoms with E-state index in [4.69, 9.17) is 0 Å². The maximum absolute atomic E-state index is 13.5. The number of Topliss-reactive ketones (excluding diaryl/α,β-unsaturated/α-hetero) is 1. The Hall–Kier alpha value is -1.78. The zero-order chi connectivity index (χ0) is 15.3. The molecule has 0 aromatic heterocycles. The van der Waals surface area contributed by atoms with E-state index in [1.807, 2.05) is 13.8 Å². The summed E-state index contributed by atoms with van der Waals surface area (Å²) in [6, 6.07) is 3.10. The monoisotopic (exact) mass is 283 g/mol. The number of amides is 1. The molecule has 3 nitrogen and oxygen atoms in total. The lowest BCUT2D eigenvalue weighted by Crippen LogP contribution is -2.44. The molecule has 0 fully saturated rings. The van der Waals surface area contributed by atoms with Crippen LogP contribution in [0, 0.1) is 17.6 Å². The summed E-state index contributed by atoms with van der Waals surface area (Å²) in [7, 11) is 0. The van der Waals surface area contributed by atoms with Crippen molar-refractivity contribution in [3.05, 3.63) is 35.4 Å². The van der Waals surface area contributed by atoms with E-state index in [1.54, 1.807) is 0 Å². The van der Waals surface area contributed by atoms with Gasteiger partial charge in [-0.1, -0.05) is 32.4 Å². The van der Waals surface area contributed by atoms with Crippen LogP contribution in [0.2, 0.25) is 0 Å². The number of rotatable bonds is 6. The molecule has 0 spiro atoms. The van der Waals surface area contributed by atoms with Gasteiger partial charge in [0.1, 0.15) is 0 Å². The first kappa shape index (κ1) is 16.3. The lowest BCUT2D eigenvalue weighted by Gasteiger charge is -2.21. The standard InChI is InChI=1S/C15H19F2NO2/c1-4-9(2)15(10(3)19)18-13(20)8-11-6-5-7-12(16)14(11)17/h5-7,9,15H,4,8H2,1-3H3,(H,18,20)/t9-,15-/m0/s1. The second-order valence-corrected chi connectivity index (χ2v) is 4.93. The molecule has 1 N–H and O–H groups in total. The van der Waals surface area contributed by atoms with Crippen LogP contribution in [0.5, 0.6) is 0 Å². The van der Waals surface area contributed by atoms with Gasteiger partial charge in [0.25, 0.3) is 0 Å². The van der Waals surface area contributed by atoms with E-state index in [2.05, 4.69) is 5.32 Å². The number of hydrogen-bond acceptors (Lipinski definition) is 2. The van der Waals surface area contributed by atoms with Crippen molar-refractivity contribution >= 4 is 11.7 Å². The van der Waals surface area contributed by atoms with Crippen LogP contribution < -0.4 is 5.32 Å². The van der Waals surface area contributed by atoms with Gasteiger partial charge >= 0.3 is 0 Å². The molecule has 20 heavy (non-hydrogen) atoms. The molecule has 0 aliphatic carbocycles. The van der Waals surface area contributed by atoms with Gasteiger partial charge in [0, 0.05) is 5.56 Å². The molecule has 5 heteroatoms. The van der Waals surface area contributed by atoms with E-state index in [0.717, 1.165) is 12.5 Å². The van der Waals surface area contributed by atoms with E-state index in [1.165, 1.54) is 19.1 Å². The Bertz CT molecular complexity index is 503. The highest BCUT2D eigenvalue weighted by molar-refractivity contribution is 5.88. The molecule has 1 rings (SSSR count). The SMILES string of the molecule is CC[C@H](C)[C@H](NC(=O)Cc1cccc(F)c1F)C(C)=O. The van der Waals surface area contributed by atoms with E-state index in [-0.39, 0.29) is 23.7 Å². The van der Waals surface area contributed by atoms with Crippen molar-refractivity contribution in [3.63, 3.8) is 0 Å². The zero-order valence-electron chi connectivity index (χ0n) is 11.9. The van der Waals surface area contributed by atoms with Gasteiger partial charge in [-0.3, -0.25) is 9.59 Å². The Morgan fingerprint density at radius 2 is 1.95 bits per heavy atom. The second kappa shape index (κ2) is 7.12. The van der Waals surface area contributed by atoms with Crippen LogP contribution in [0.15, 0.2) is 18.2 Å². The predicted octanol–water partition coefficient (Wildman–Crippen LogP) is 2.63. The number of nitrogens with one attached hydrogen (secondary N) is 1. The Kier molecular flexibility index (Phi) is 5.80. The molecule has 0 aliphatic heterocycles. The predicted molar refractivity (Wildman–Crippen MR) is 72.1 cm³/mol. The lowest BCUT2D eigenvalue weighted by molar-refractivity contribution is -0.127. The largest absolute Gasteiger partial charge is 0.346 e. The molecule has 0 heterocycles. The summed E-state index contributed by atoms with van der Waals surface area (Å²) in [6.07, 6.45) is 0.447. The van der Waals surface area contributed by atoms with Crippen molar-refractivity contribution in [1.82, 2.24) is 5.32 Å². The first-order chi connectivity index (χ1) is 9.36. The van der Waals surface area contributed by atoms with Gasteiger partial charge in [-0.15, -0.1) is 0 Å². The Balaban J connectivity index is 2.76. The number of carbonyl (C=O) groups excluding carboxylic acids is 2. The minimum absolute atomic E-state index is 0.00573. The van der Waals surface area contributed by atoms with Crippen LogP contribution in [-0.4, -0.2) is 17.7 Å². The van der Waals surface area contributed by atoms with Crippen molar-refractivity contribution in [2.45, 2.75) is 39.7 Å². The van der Waals surface area contributed by atoms with Gasteiger partial charge in [-0.05, 0) is 18.9 Å². The molecule has 0 saturated carbocycles. The third kappa shape index (κ3) is 4.11. The fourth-order valence-corrected chi connectivity index (χ4v) is 1.96. The van der Waals surface area contributed by atoms with Crippen LogP contribution in [0.25, 0.3) is 0 Å². The first-order valence-corrected chi connectivity index (χ1v) is 6.59. The Morgan fingerprint density at radius 1 is 1.30 bits per heavy atom. The molecule has 0 saturated heterocycles. The number of halogens is 2. The third-order valence-corrected chi connectivity index (χ3v) is 3.35. The molecular weight excluding hydrogens is 264 g/mol. The molecule has 0 bridgehead atoms. The topological polar surface area (TPSA) is 46.2 Å². The summed E-state index contributed by atoms with van der Waals surface area (Å²) in [5.74, 6) is -2.65. The van der Waals surface area contributed by atoms with E-state index in [0.29, 0.717) is 0 Å². The average molecular weight is 283 g/mol. The third-order valence-electron chi connectivity index (χ3n) is 3.35. The highest BCUT2D eigenvalue weighted by Crippen LogP contribution is 2.13. The van der Waals surface area contributed by atoms with Crippen LogP contribution in [0.3, 0.4) is 0 Å². The summed E-state index contributed by atoms with van der Waals surface area (Å²) in [5.41, 5.74) is -0.0195. The molecule has 110 valence electrons. The van der Waals surface area contributed by atoms with E-state index in [9.17, 15) is 18.4 Å². The Labute approximate surface area is 117 Å². The van der Waals surface area contributed by atoms with E-state index < -0.39 is 23.6 Å². The fourth-order valence-electron chi connectivity index (χ4n) is 1.96. The highest BCUT2D eigenvalue weighted by atomic mass is 19.2. The highest BCUT2D eigenvalue weighted by Gasteiger charge is 2.23. The number of hydrogen-bond donors (Lipinski definition) is 1. The van der Waals surface area contributed by atoms with Crippen LogP contribution in [-0.2, 0) is 16.0 Å². The van der Waals surface area contributed by atoms with Crippen LogP contribution in [0.1, 0.15) is 32.8 Å². The van der Waals surface area contributed by atoms with Crippen molar-refractivity contribution in [1.29, 1.82) is 0 Å². The van der Waals surface area contributed by atoms with Crippen LogP contribution >= 0.6 is 0 Å². The van der Waals surface area contributed by atoms with Crippen molar-refractivity contribution in [2.24, 2.45) is 5.92 Å². The number of carbonyl (C=O) groups is 2. The van der Waals surface area contributed by atoms with Crippen molar-refractivity contribution in [2.75, 3.05) is 0 Å². The van der Waals surface area contributed by atoms with Crippen molar-refractivity contribution in [3.8, 4) is 0 Å². The summed E-state index contributed by atoms with van der Waals surface area (Å²) in [5, 5.41) is 2.58. The molecule has 0 aliphatic rings. The summed E-state index contributed by atoms with van der Waals surface area (Å²) < 4.78 is 26.5. The molecule has 2 atom stereocenters. The van der Waals surface area contributed by atoms with Crippen molar-refractivity contribution < 1.29 is 18.4 Å². The minimum Gasteiger partial charge on any atom is -0.346 e. The molecule has 1 aromatic rings. The summed E-state index contributed by atoms with van der Waals surface area (Å²) in [4.78, 5) is 23.4. The first-order valence-electron chi connectivity index (χ1n) is 6.59. The average Bonchev–Trinajstić information content (AvgIpc) is 2.40. The molecule has 1 amide bonds. The van der Waals surface area contributed by atoms with Gasteiger partial charge < -0.3 is 5.32 Å². The second-order valence-electron chi connectivity index (χ2n) is 4.93. The maximum atomic E-state index is 13.5. The summed E-state index contributed by atoms with van der Waals surface area (Å²) in [6.45, 7) is 5.17. The van der Waals surface area contributed by atoms with Crippen LogP contribution in [0.4, 0.5) is 8.78 Å². The van der Waals surface area contributed by atoms with Gasteiger partial charge in [-0.25, -0.2) is 8.78 Å². The normalized spacial score (nSPS) is 13.7. The molecule has 0 unspecified atom stereocenters. The quantitative estimate of drug-likeness (QED) is 0.872. The Morgan fingerprint density at radius 3 is 2.50 bits per heavy atom. The van der Waals surface area contributed by atoms with Gasteiger partial charge in [0.05, 0.1) is 12.5 Å².